The highest BCUT2D eigenvalue weighted by molar-refractivity contribution is 7.90. The van der Waals surface area contributed by atoms with Crippen LogP contribution in [0.25, 0.3) is 11.1 Å². The average molecular weight is 718 g/mol. The number of thiazole rings is 1. The molecule has 50 heavy (non-hydrogen) atoms. The van der Waals surface area contributed by atoms with E-state index in [4.69, 9.17) is 6.42 Å². The van der Waals surface area contributed by atoms with Gasteiger partial charge in [0.1, 0.15) is 17.6 Å². The second kappa shape index (κ2) is 15.7. The molecule has 4 amide bonds. The summed E-state index contributed by atoms with van der Waals surface area (Å²) in [5, 5.41) is 17.8. The number of aromatic hydroxyl groups is 1. The van der Waals surface area contributed by atoms with Crippen molar-refractivity contribution in [2.75, 3.05) is 17.6 Å². The molecule has 0 aliphatic carbocycles. The average Bonchev–Trinajstić information content (AvgIpc) is 3.72. The smallest absolute Gasteiger partial charge is 0.255 e. The molecule has 0 fully saturated rings. The molecule has 0 radical (unpaired) electrons. The highest BCUT2D eigenvalue weighted by Gasteiger charge is 2.39. The number of benzene rings is 3. The van der Waals surface area contributed by atoms with Crippen molar-refractivity contribution in [1.29, 1.82) is 0 Å². The van der Waals surface area contributed by atoms with Crippen molar-refractivity contribution < 1.29 is 37.1 Å². The van der Waals surface area contributed by atoms with Crippen LogP contribution in [0.15, 0.2) is 72.2 Å². The van der Waals surface area contributed by atoms with Crippen LogP contribution in [0, 0.1) is 18.2 Å². The summed E-state index contributed by atoms with van der Waals surface area (Å²) in [6.45, 7) is 0.0894. The number of nitrogens with zero attached hydrogens (tertiary/aromatic N) is 2. The Morgan fingerprint density at radius 3 is 2.54 bits per heavy atom. The summed E-state index contributed by atoms with van der Waals surface area (Å²) in [5.41, 5.74) is 2.56. The molecule has 12 nitrogen and oxygen atoms in total. The van der Waals surface area contributed by atoms with Gasteiger partial charge in [0.05, 0.1) is 5.75 Å². The van der Waals surface area contributed by atoms with Crippen LogP contribution in [0.1, 0.15) is 63.6 Å². The maximum atomic E-state index is 14.3. The molecule has 0 bridgehead atoms. The van der Waals surface area contributed by atoms with Gasteiger partial charge in [0, 0.05) is 54.2 Å². The first-order valence-electron chi connectivity index (χ1n) is 15.4. The largest absolute Gasteiger partial charge is 0.508 e. The first-order valence-corrected chi connectivity index (χ1v) is 18.0. The van der Waals surface area contributed by atoms with Crippen LogP contribution < -0.4 is 15.4 Å². The van der Waals surface area contributed by atoms with Gasteiger partial charge in [-0.15, -0.1) is 23.7 Å². The molecule has 1 aromatic heterocycles. The van der Waals surface area contributed by atoms with Gasteiger partial charge in [0.2, 0.25) is 15.9 Å². The number of phenolic OH excluding ortho intramolecular Hbond substituents is 1. The molecule has 0 saturated carbocycles. The molecule has 2 heterocycles. The Bertz CT molecular complexity index is 2060. The number of amides is 4. The van der Waals surface area contributed by atoms with Crippen LogP contribution in [0.3, 0.4) is 0 Å². The van der Waals surface area contributed by atoms with Crippen molar-refractivity contribution in [3.05, 3.63) is 100 Å². The fourth-order valence-corrected chi connectivity index (χ4v) is 6.98. The molecule has 1 aliphatic rings. The number of unbranched alkanes of at least 4 members (excludes halogenated alkanes) is 1. The number of sulfonamides is 1. The van der Waals surface area contributed by atoms with E-state index in [1.807, 2.05) is 4.72 Å². The van der Waals surface area contributed by atoms with Crippen LogP contribution in [0.2, 0.25) is 0 Å². The highest BCUT2D eigenvalue weighted by Crippen LogP contribution is 2.38. The molecule has 0 saturated heterocycles. The molecule has 15 heteroatoms. The maximum Gasteiger partial charge on any atom is 0.255 e. The van der Waals surface area contributed by atoms with E-state index in [2.05, 4.69) is 21.5 Å². The van der Waals surface area contributed by atoms with E-state index < -0.39 is 45.5 Å². The summed E-state index contributed by atoms with van der Waals surface area (Å²) >= 11 is 1.17. The van der Waals surface area contributed by atoms with Crippen LogP contribution >= 0.6 is 11.3 Å². The van der Waals surface area contributed by atoms with Crippen molar-refractivity contribution in [2.45, 2.75) is 38.3 Å². The molecule has 5 rings (SSSR count). The molecule has 0 unspecified atom stereocenters. The lowest BCUT2D eigenvalue weighted by atomic mass is 9.99. The minimum absolute atomic E-state index is 0.00588. The highest BCUT2D eigenvalue weighted by atomic mass is 32.2. The van der Waals surface area contributed by atoms with Crippen molar-refractivity contribution in [2.24, 2.45) is 0 Å². The Morgan fingerprint density at radius 1 is 1.06 bits per heavy atom. The summed E-state index contributed by atoms with van der Waals surface area (Å²) in [6, 6.07) is 13.6. The van der Waals surface area contributed by atoms with Crippen molar-refractivity contribution in [3.63, 3.8) is 0 Å². The lowest BCUT2D eigenvalue weighted by Crippen LogP contribution is -2.37. The zero-order valence-corrected chi connectivity index (χ0v) is 28.2. The predicted octanol–water partition coefficient (Wildman–Crippen LogP) is 4.36. The Hall–Kier alpha value is -5.59. The van der Waals surface area contributed by atoms with Crippen LogP contribution in [-0.2, 0) is 26.2 Å². The SMILES string of the molecule is C#CCCCC(=O)NS(=O)(=O)CCCNC(=O)c1ccc(-c2ccc3c(c2)C(=O)N([C@@H](C(=O)Nc2nccs2)c2cc(F)ccc2O)C3)cc1. The lowest BCUT2D eigenvalue weighted by Gasteiger charge is -2.27. The summed E-state index contributed by atoms with van der Waals surface area (Å²) < 4.78 is 40.5. The van der Waals surface area contributed by atoms with Gasteiger partial charge in [-0.3, -0.25) is 29.2 Å². The number of hydrogen-bond acceptors (Lipinski definition) is 9. The van der Waals surface area contributed by atoms with Gasteiger partial charge in [0.15, 0.2) is 5.13 Å². The molecule has 258 valence electrons. The molecular formula is C35H32FN5O7S2. The Morgan fingerprint density at radius 2 is 1.82 bits per heavy atom. The molecule has 1 atom stereocenters. The molecule has 1 aliphatic heterocycles. The monoisotopic (exact) mass is 717 g/mol. The van der Waals surface area contributed by atoms with Crippen LogP contribution in [0.4, 0.5) is 9.52 Å². The van der Waals surface area contributed by atoms with E-state index in [-0.39, 0.29) is 48.1 Å². The fraction of sp³-hybridized carbons (Fsp3) is 0.229. The predicted molar refractivity (Wildman–Crippen MR) is 185 cm³/mol. The Balaban J connectivity index is 1.23. The molecule has 0 spiro atoms. The summed E-state index contributed by atoms with van der Waals surface area (Å²) in [4.78, 5) is 57.0. The number of fused-ring (bicyclic) bond motifs is 1. The fourth-order valence-electron chi connectivity index (χ4n) is 5.37. The number of nitrogens with one attached hydrogen (secondary N) is 3. The first-order chi connectivity index (χ1) is 24.0. The number of rotatable bonds is 14. The lowest BCUT2D eigenvalue weighted by molar-refractivity contribution is -0.121. The minimum atomic E-state index is -3.84. The number of carbonyl (C=O) groups is 4. The number of terminal acetylenes is 1. The van der Waals surface area contributed by atoms with Crippen molar-refractivity contribution >= 4 is 50.1 Å². The molecular weight excluding hydrogens is 686 g/mol. The first kappa shape index (κ1) is 35.7. The molecule has 4 aromatic rings. The van der Waals surface area contributed by atoms with Gasteiger partial charge in [-0.25, -0.2) is 17.8 Å². The topological polar surface area (TPSA) is 175 Å². The standard InChI is InChI=1S/C35H32FN5O7S2/c1-2-3-4-6-30(43)40-50(47,48)18-5-15-37-32(44)23-9-7-22(8-10-23)24-11-12-25-21-41(34(46)27(25)19-24)31(28-20-26(36)13-14-29(28)42)33(45)39-35-38-16-17-49-35/h1,7-14,16-17,19-20,31,42H,3-6,15,18,21H2,(H,37,44)(H,40,43)(H,38,39,45)/t31-/m1/s1. The third-order valence-electron chi connectivity index (χ3n) is 7.80. The number of aromatic nitrogens is 1. The van der Waals surface area contributed by atoms with Gasteiger partial charge in [0.25, 0.3) is 17.7 Å². The van der Waals surface area contributed by atoms with E-state index in [0.717, 1.165) is 18.2 Å². The van der Waals surface area contributed by atoms with Crippen molar-refractivity contribution in [3.8, 4) is 29.2 Å². The zero-order chi connectivity index (χ0) is 35.8. The number of halogens is 1. The quantitative estimate of drug-likeness (QED) is 0.110. The summed E-state index contributed by atoms with van der Waals surface area (Å²) in [6.07, 6.45) is 7.48. The molecule has 3 aromatic carbocycles. The van der Waals surface area contributed by atoms with Gasteiger partial charge >= 0.3 is 0 Å². The van der Waals surface area contributed by atoms with Gasteiger partial charge in [-0.1, -0.05) is 24.3 Å². The number of anilines is 1. The second-order valence-corrected chi connectivity index (χ2v) is 14.1. The van der Waals surface area contributed by atoms with Crippen LogP contribution in [0.5, 0.6) is 5.75 Å². The van der Waals surface area contributed by atoms with E-state index in [1.165, 1.54) is 22.4 Å². The van der Waals surface area contributed by atoms with Crippen molar-refractivity contribution in [1.82, 2.24) is 19.9 Å². The van der Waals surface area contributed by atoms with E-state index >= 15 is 0 Å². The minimum Gasteiger partial charge on any atom is -0.508 e. The Labute approximate surface area is 291 Å². The van der Waals surface area contributed by atoms with Gasteiger partial charge in [-0.05, 0) is 65.9 Å². The summed E-state index contributed by atoms with van der Waals surface area (Å²) in [5.74, 6) is -1.21. The third-order valence-corrected chi connectivity index (χ3v) is 9.85. The third kappa shape index (κ3) is 8.70. The maximum absolute atomic E-state index is 14.3. The number of hydrogen-bond donors (Lipinski definition) is 4. The normalized spacial score (nSPS) is 12.9. The van der Waals surface area contributed by atoms with E-state index in [1.54, 1.807) is 47.8 Å². The zero-order valence-electron chi connectivity index (χ0n) is 26.5. The van der Waals surface area contributed by atoms with E-state index in [0.29, 0.717) is 40.7 Å². The molecule has 4 N–H and O–H groups in total. The summed E-state index contributed by atoms with van der Waals surface area (Å²) in [7, 11) is -3.84. The van der Waals surface area contributed by atoms with Gasteiger partial charge < -0.3 is 15.3 Å². The Kier molecular flexibility index (Phi) is 11.2. The van der Waals surface area contributed by atoms with Gasteiger partial charge in [-0.2, -0.15) is 0 Å². The number of carbonyl (C=O) groups excluding carboxylic acids is 4. The van der Waals surface area contributed by atoms with Crippen LogP contribution in [-0.4, -0.2) is 59.3 Å². The van der Waals surface area contributed by atoms with E-state index in [9.17, 15) is 37.1 Å². The second-order valence-electron chi connectivity index (χ2n) is 11.3. The number of phenols is 1.